The van der Waals surface area contributed by atoms with Gasteiger partial charge in [-0.25, -0.2) is 0 Å². The van der Waals surface area contributed by atoms with E-state index in [0.29, 0.717) is 0 Å². The van der Waals surface area contributed by atoms with Gasteiger partial charge >= 0.3 is 0 Å². The van der Waals surface area contributed by atoms with Gasteiger partial charge in [-0.3, -0.25) is 34.3 Å². The summed E-state index contributed by atoms with van der Waals surface area (Å²) in [6.07, 6.45) is 0. The molecule has 0 aliphatic rings. The van der Waals surface area contributed by atoms with Crippen LogP contribution in [0.2, 0.25) is 0 Å². The molecule has 0 radical (unpaired) electrons. The van der Waals surface area contributed by atoms with Crippen molar-refractivity contribution in [3.63, 3.8) is 0 Å². The Morgan fingerprint density at radius 1 is 0.258 bits per heavy atom. The van der Waals surface area contributed by atoms with Crippen LogP contribution in [0.1, 0.15) is 0 Å². The van der Waals surface area contributed by atoms with Crippen LogP contribution in [0.15, 0.2) is 0 Å². The Balaban J connectivity index is 0.000000454. The highest BCUT2D eigenvalue weighted by Gasteiger charge is 2.20. The smallest absolute Gasteiger partial charge is 0.235 e. The van der Waals surface area contributed by atoms with Gasteiger partial charge in [0.1, 0.15) is 101 Å². The first kappa shape index (κ1) is 57.1. The molecule has 0 spiro atoms. The van der Waals surface area contributed by atoms with Crippen LogP contribution >= 0.6 is 0 Å². The highest BCUT2D eigenvalue weighted by Crippen LogP contribution is 2.19. The number of hydrogen-bond donors (Lipinski definition) is 20. The molecule has 4 rings (SSSR count). The maximum atomic E-state index is 9.11. The molecule has 0 atom stereocenters. The number of aliphatic hydroxyl groups excluding tert-OH is 15. The van der Waals surface area contributed by atoms with Gasteiger partial charge in [0.25, 0.3) is 0 Å². The SMILES string of the molecule is Nc1nc(N(CO)CO)nc(N(CO)CO)n1.Nc1nc(N)nc(N)n1.OCN(CO)c1nc(N(CO)CO)nc(N(CO)CO)n1.OCNc1nc(N(CO)CO)nc(N(CO)CO)n1. The maximum absolute atomic E-state index is 9.11. The first-order chi connectivity index (χ1) is 31.7. The average molecular weight is 955 g/mol. The van der Waals surface area contributed by atoms with E-state index < -0.39 is 101 Å². The number of aliphatic hydroxyl groups is 15. The standard InChI is InChI=1S/C9H18N6O6.C8H16N6O5.C7H14N6O4.C3H6N6/c16-1-13(2-17)7-10-8(14(3-18)4-19)12-9(11-7)15(5-20)6-21;15-1-9-6-10-7(13(2-16)3-17)12-8(11-6)14(4-18)5-19;8-5-9-6(12(1-14)2-15)11-7(10-5)13(3-16)4-17;4-1-7-2(5)9-3(6)8-1/h16-21H,1-6H2;15-19H,1-5H2,(H,9,10,11,12);14-17H,1-4H2,(H2,8,9,10,11);(H6,4,5,6,7,8,9). The molecule has 39 heteroatoms. The second kappa shape index (κ2) is 31.0. The largest absolute Gasteiger partial charge is 0.376 e. The fourth-order valence-corrected chi connectivity index (χ4v) is 3.83. The maximum Gasteiger partial charge on any atom is 0.235 e. The molecule has 4 aromatic heterocycles. The monoisotopic (exact) mass is 954 g/mol. The Kier molecular flexibility index (Phi) is 26.8. The van der Waals surface area contributed by atoms with Crippen molar-refractivity contribution in [3.8, 4) is 0 Å². The lowest BCUT2D eigenvalue weighted by Crippen LogP contribution is -2.34. The van der Waals surface area contributed by atoms with E-state index in [1.807, 2.05) is 0 Å². The minimum atomic E-state index is -0.601. The van der Waals surface area contributed by atoms with Crippen molar-refractivity contribution in [2.75, 3.05) is 164 Å². The predicted molar refractivity (Wildman–Crippen MR) is 224 cm³/mol. The van der Waals surface area contributed by atoms with E-state index in [0.717, 1.165) is 34.3 Å². The fourth-order valence-electron chi connectivity index (χ4n) is 3.83. The average Bonchev–Trinajstić information content (AvgIpc) is 3.29. The first-order valence-electron chi connectivity index (χ1n) is 17.9. The summed E-state index contributed by atoms with van der Waals surface area (Å²) >= 11 is 0. The second-order valence-electron chi connectivity index (χ2n) is 11.3. The molecule has 39 nitrogen and oxygen atoms in total. The number of nitrogen functional groups attached to an aromatic ring is 4. The highest BCUT2D eigenvalue weighted by atomic mass is 16.3. The summed E-state index contributed by atoms with van der Waals surface area (Å²) in [6, 6.07) is 0. The summed E-state index contributed by atoms with van der Waals surface area (Å²) in [7, 11) is 0. The van der Waals surface area contributed by atoms with E-state index in [4.69, 9.17) is 99.5 Å². The molecule has 0 saturated carbocycles. The summed E-state index contributed by atoms with van der Waals surface area (Å²) in [5.74, 6) is -0.883. The number of nitrogens with one attached hydrogen (secondary N) is 1. The van der Waals surface area contributed by atoms with Crippen molar-refractivity contribution in [1.29, 1.82) is 0 Å². The Hall–Kier alpha value is -6.96. The predicted octanol–water partition coefficient (Wildman–Crippen LogP) is -11.9. The summed E-state index contributed by atoms with van der Waals surface area (Å²) in [4.78, 5) is 51.7. The van der Waals surface area contributed by atoms with Crippen molar-refractivity contribution in [3.05, 3.63) is 0 Å². The molecule has 0 aliphatic carbocycles. The highest BCUT2D eigenvalue weighted by molar-refractivity contribution is 5.47. The summed E-state index contributed by atoms with van der Waals surface area (Å²) in [5, 5.41) is 138. The van der Waals surface area contributed by atoms with Crippen LogP contribution in [0.4, 0.5) is 71.4 Å². The van der Waals surface area contributed by atoms with Gasteiger partial charge in [0.05, 0.1) is 0 Å². The van der Waals surface area contributed by atoms with E-state index in [1.54, 1.807) is 0 Å². The van der Waals surface area contributed by atoms with Crippen molar-refractivity contribution >= 4 is 71.4 Å². The molecule has 0 aliphatic heterocycles. The van der Waals surface area contributed by atoms with E-state index in [2.05, 4.69) is 65.1 Å². The van der Waals surface area contributed by atoms with Gasteiger partial charge in [0, 0.05) is 0 Å². The molecule has 4 heterocycles. The van der Waals surface area contributed by atoms with E-state index in [1.165, 1.54) is 0 Å². The topological polar surface area (TPSA) is 597 Å². The van der Waals surface area contributed by atoms with Crippen LogP contribution in [-0.2, 0) is 0 Å². The van der Waals surface area contributed by atoms with Gasteiger partial charge in [-0.05, 0) is 0 Å². The number of aromatic nitrogens is 12. The lowest BCUT2D eigenvalue weighted by atomic mass is 10.6. The molecular weight excluding hydrogens is 900 g/mol. The minimum Gasteiger partial charge on any atom is -0.376 e. The van der Waals surface area contributed by atoms with Gasteiger partial charge in [-0.15, -0.1) is 0 Å². The summed E-state index contributed by atoms with van der Waals surface area (Å²) < 4.78 is 0. The lowest BCUT2D eigenvalue weighted by molar-refractivity contribution is 0.213. The van der Waals surface area contributed by atoms with Crippen LogP contribution < -0.4 is 62.6 Å². The molecule has 4 aromatic rings. The van der Waals surface area contributed by atoms with Crippen LogP contribution in [0.3, 0.4) is 0 Å². The number of nitrogens with zero attached hydrogens (tertiary/aromatic N) is 19. The summed E-state index contributed by atoms with van der Waals surface area (Å²) in [6.45, 7) is -8.30. The van der Waals surface area contributed by atoms with Crippen molar-refractivity contribution in [1.82, 2.24) is 59.8 Å². The fraction of sp³-hybridized carbons (Fsp3) is 0.556. The van der Waals surface area contributed by atoms with Crippen LogP contribution in [0, 0.1) is 0 Å². The molecular formula is C27H54N24O15. The number of rotatable bonds is 23. The number of anilines is 12. The quantitative estimate of drug-likeness (QED) is 0.0307. The Morgan fingerprint density at radius 3 is 0.606 bits per heavy atom. The van der Waals surface area contributed by atoms with Crippen LogP contribution in [0.5, 0.6) is 0 Å². The molecule has 0 fully saturated rings. The van der Waals surface area contributed by atoms with Crippen LogP contribution in [-0.4, -0.2) is 237 Å². The molecule has 0 bridgehead atoms. The molecule has 24 N–H and O–H groups in total. The minimum absolute atomic E-state index is 0.0405. The summed E-state index contributed by atoms with van der Waals surface area (Å²) in [5.41, 5.74) is 20.8. The molecule has 0 saturated heterocycles. The van der Waals surface area contributed by atoms with Gasteiger partial charge in [-0.2, -0.15) is 59.8 Å². The normalized spacial score (nSPS) is 10.3. The van der Waals surface area contributed by atoms with Crippen molar-refractivity contribution in [2.24, 2.45) is 0 Å². The third-order valence-corrected chi connectivity index (χ3v) is 7.14. The first-order valence-corrected chi connectivity index (χ1v) is 17.9. The molecule has 372 valence electrons. The Bertz CT molecular complexity index is 1740. The van der Waals surface area contributed by atoms with Crippen molar-refractivity contribution in [2.45, 2.75) is 0 Å². The number of nitrogens with two attached hydrogens (primary N) is 4. The second-order valence-corrected chi connectivity index (χ2v) is 11.3. The molecule has 0 amide bonds. The van der Waals surface area contributed by atoms with Crippen LogP contribution in [0.25, 0.3) is 0 Å². The third-order valence-electron chi connectivity index (χ3n) is 7.14. The Labute approximate surface area is 371 Å². The zero-order valence-electron chi connectivity index (χ0n) is 34.6. The van der Waals surface area contributed by atoms with Gasteiger partial charge < -0.3 is 105 Å². The van der Waals surface area contributed by atoms with Gasteiger partial charge in [-0.1, -0.05) is 0 Å². The lowest BCUT2D eigenvalue weighted by Gasteiger charge is -2.24. The van der Waals surface area contributed by atoms with E-state index in [9.17, 15) is 0 Å². The van der Waals surface area contributed by atoms with Gasteiger partial charge in [0.2, 0.25) is 71.4 Å². The third kappa shape index (κ3) is 17.9. The van der Waals surface area contributed by atoms with E-state index in [-0.39, 0.29) is 71.4 Å². The molecule has 66 heavy (non-hydrogen) atoms. The zero-order valence-corrected chi connectivity index (χ0v) is 34.6. The Morgan fingerprint density at radius 2 is 0.424 bits per heavy atom. The van der Waals surface area contributed by atoms with Crippen molar-refractivity contribution < 1.29 is 76.6 Å². The number of hydrogen-bond acceptors (Lipinski definition) is 39. The zero-order chi connectivity index (χ0) is 49.8. The van der Waals surface area contributed by atoms with Gasteiger partial charge in [0.15, 0.2) is 0 Å². The van der Waals surface area contributed by atoms with E-state index >= 15 is 0 Å². The molecule has 0 aromatic carbocycles. The molecule has 0 unspecified atom stereocenters.